The third-order valence-corrected chi connectivity index (χ3v) is 2.95. The van der Waals surface area contributed by atoms with Crippen molar-refractivity contribution in [2.75, 3.05) is 18.4 Å². The van der Waals surface area contributed by atoms with E-state index in [1.165, 1.54) is 0 Å². The molecule has 3 N–H and O–H groups in total. The predicted octanol–water partition coefficient (Wildman–Crippen LogP) is 2.01. The van der Waals surface area contributed by atoms with Crippen LogP contribution in [-0.2, 0) is 4.79 Å². The first-order chi connectivity index (χ1) is 9.93. The van der Waals surface area contributed by atoms with E-state index in [1.54, 1.807) is 19.1 Å². The van der Waals surface area contributed by atoms with E-state index >= 15 is 0 Å². The highest BCUT2D eigenvalue weighted by Gasteiger charge is 2.16. The van der Waals surface area contributed by atoms with Gasteiger partial charge in [0.25, 0.3) is 5.91 Å². The molecule has 0 bridgehead atoms. The fourth-order valence-electron chi connectivity index (χ4n) is 1.75. The Labute approximate surface area is 126 Å². The molecule has 0 fully saturated rings. The minimum Gasteiger partial charge on any atom is -0.385 e. The van der Waals surface area contributed by atoms with E-state index in [4.69, 9.17) is 0 Å². The number of anilines is 1. The fraction of sp³-hybridized carbons (Fsp3) is 0.500. The van der Waals surface area contributed by atoms with Gasteiger partial charge in [-0.3, -0.25) is 9.59 Å². The fourth-order valence-corrected chi connectivity index (χ4v) is 1.75. The van der Waals surface area contributed by atoms with E-state index < -0.39 is 6.04 Å². The first kappa shape index (κ1) is 17.0. The van der Waals surface area contributed by atoms with Gasteiger partial charge in [0.2, 0.25) is 5.91 Å². The first-order valence-electron chi connectivity index (χ1n) is 7.36. The van der Waals surface area contributed by atoms with Crippen molar-refractivity contribution in [3.05, 3.63) is 29.8 Å². The number of amides is 2. The molecule has 5 heteroatoms. The smallest absolute Gasteiger partial charge is 0.251 e. The van der Waals surface area contributed by atoms with Crippen molar-refractivity contribution < 1.29 is 9.59 Å². The van der Waals surface area contributed by atoms with Crippen molar-refractivity contribution in [3.8, 4) is 0 Å². The number of hydrogen-bond acceptors (Lipinski definition) is 3. The normalized spacial score (nSPS) is 11.9. The second-order valence-corrected chi connectivity index (χ2v) is 5.44. The van der Waals surface area contributed by atoms with Gasteiger partial charge in [0.1, 0.15) is 6.04 Å². The molecular weight excluding hydrogens is 266 g/mol. The van der Waals surface area contributed by atoms with Crippen LogP contribution in [-0.4, -0.2) is 30.9 Å². The van der Waals surface area contributed by atoms with E-state index in [2.05, 4.69) is 16.0 Å². The van der Waals surface area contributed by atoms with E-state index in [1.807, 2.05) is 32.9 Å². The van der Waals surface area contributed by atoms with Gasteiger partial charge in [-0.25, -0.2) is 0 Å². The van der Waals surface area contributed by atoms with E-state index in [9.17, 15) is 9.59 Å². The standard InChI is InChI=1S/C16H25N3O2/c1-5-17-14-8-6-13(7-9-14)16(21)19-12(4)15(20)18-10-11(2)3/h6-9,11-12,17H,5,10H2,1-4H3,(H,18,20)(H,19,21). The summed E-state index contributed by atoms with van der Waals surface area (Å²) in [6.07, 6.45) is 0. The lowest BCUT2D eigenvalue weighted by Crippen LogP contribution is -2.45. The summed E-state index contributed by atoms with van der Waals surface area (Å²) in [4.78, 5) is 23.9. The third-order valence-electron chi connectivity index (χ3n) is 2.95. The number of carbonyl (C=O) groups excluding carboxylic acids is 2. The van der Waals surface area contributed by atoms with Crippen LogP contribution in [0.2, 0.25) is 0 Å². The van der Waals surface area contributed by atoms with Crippen LogP contribution in [0.15, 0.2) is 24.3 Å². The third kappa shape index (κ3) is 5.85. The molecule has 0 radical (unpaired) electrons. The highest BCUT2D eigenvalue weighted by molar-refractivity contribution is 5.97. The molecule has 0 aliphatic heterocycles. The summed E-state index contributed by atoms with van der Waals surface area (Å²) in [5.74, 6) is -0.0259. The lowest BCUT2D eigenvalue weighted by molar-refractivity contribution is -0.122. The second kappa shape index (κ2) is 8.29. The van der Waals surface area contributed by atoms with Gasteiger partial charge in [-0.15, -0.1) is 0 Å². The minimum atomic E-state index is -0.551. The molecule has 1 aromatic rings. The monoisotopic (exact) mass is 291 g/mol. The summed E-state index contributed by atoms with van der Waals surface area (Å²) in [6, 6.07) is 6.63. The Bertz CT molecular complexity index is 469. The number of carbonyl (C=O) groups is 2. The summed E-state index contributed by atoms with van der Waals surface area (Å²) in [6.45, 7) is 9.18. The molecule has 1 aromatic carbocycles. The van der Waals surface area contributed by atoms with Gasteiger partial charge in [-0.1, -0.05) is 13.8 Å². The molecule has 1 unspecified atom stereocenters. The lowest BCUT2D eigenvalue weighted by Gasteiger charge is -2.15. The second-order valence-electron chi connectivity index (χ2n) is 5.44. The predicted molar refractivity (Wildman–Crippen MR) is 85.4 cm³/mol. The summed E-state index contributed by atoms with van der Waals surface area (Å²) in [5, 5.41) is 8.66. The van der Waals surface area contributed by atoms with Crippen LogP contribution in [0.4, 0.5) is 5.69 Å². The zero-order chi connectivity index (χ0) is 15.8. The Morgan fingerprint density at radius 2 is 1.71 bits per heavy atom. The SMILES string of the molecule is CCNc1ccc(C(=O)NC(C)C(=O)NCC(C)C)cc1. The van der Waals surface area contributed by atoms with Gasteiger partial charge in [0.05, 0.1) is 0 Å². The summed E-state index contributed by atoms with van der Waals surface area (Å²) in [7, 11) is 0. The van der Waals surface area contributed by atoms with Gasteiger partial charge >= 0.3 is 0 Å². The Hall–Kier alpha value is -2.04. The van der Waals surface area contributed by atoms with E-state index in [-0.39, 0.29) is 11.8 Å². The van der Waals surface area contributed by atoms with Crippen molar-refractivity contribution >= 4 is 17.5 Å². The summed E-state index contributed by atoms with van der Waals surface area (Å²) < 4.78 is 0. The molecule has 116 valence electrons. The number of hydrogen-bond donors (Lipinski definition) is 3. The Balaban J connectivity index is 2.53. The van der Waals surface area contributed by atoms with Gasteiger partial charge < -0.3 is 16.0 Å². The van der Waals surface area contributed by atoms with Crippen molar-refractivity contribution in [2.45, 2.75) is 33.7 Å². The summed E-state index contributed by atoms with van der Waals surface area (Å²) >= 11 is 0. The Morgan fingerprint density at radius 3 is 2.24 bits per heavy atom. The van der Waals surface area contributed by atoms with Crippen LogP contribution in [0.1, 0.15) is 38.1 Å². The average Bonchev–Trinajstić information content (AvgIpc) is 2.45. The van der Waals surface area contributed by atoms with Crippen molar-refractivity contribution in [1.29, 1.82) is 0 Å². The molecule has 1 atom stereocenters. The first-order valence-corrected chi connectivity index (χ1v) is 7.36. The molecule has 0 saturated heterocycles. The zero-order valence-corrected chi connectivity index (χ0v) is 13.2. The molecule has 0 spiro atoms. The molecular formula is C16H25N3O2. The van der Waals surface area contributed by atoms with Gasteiger partial charge in [-0.05, 0) is 44.0 Å². The Morgan fingerprint density at radius 1 is 1.10 bits per heavy atom. The van der Waals surface area contributed by atoms with Crippen LogP contribution < -0.4 is 16.0 Å². The van der Waals surface area contributed by atoms with Crippen LogP contribution in [0.25, 0.3) is 0 Å². The highest BCUT2D eigenvalue weighted by atomic mass is 16.2. The number of nitrogens with one attached hydrogen (secondary N) is 3. The highest BCUT2D eigenvalue weighted by Crippen LogP contribution is 2.09. The lowest BCUT2D eigenvalue weighted by atomic mass is 10.1. The number of rotatable bonds is 7. The zero-order valence-electron chi connectivity index (χ0n) is 13.2. The maximum Gasteiger partial charge on any atom is 0.251 e. The van der Waals surface area contributed by atoms with Crippen LogP contribution in [0.3, 0.4) is 0 Å². The topological polar surface area (TPSA) is 70.2 Å². The maximum atomic E-state index is 12.1. The molecule has 5 nitrogen and oxygen atoms in total. The average molecular weight is 291 g/mol. The molecule has 0 aromatic heterocycles. The van der Waals surface area contributed by atoms with E-state index in [0.29, 0.717) is 18.0 Å². The maximum absolute atomic E-state index is 12.1. The van der Waals surface area contributed by atoms with Gasteiger partial charge in [0, 0.05) is 24.3 Å². The van der Waals surface area contributed by atoms with E-state index in [0.717, 1.165) is 12.2 Å². The minimum absolute atomic E-state index is 0.165. The molecule has 0 aliphatic rings. The summed E-state index contributed by atoms with van der Waals surface area (Å²) in [5.41, 5.74) is 1.51. The van der Waals surface area contributed by atoms with Crippen LogP contribution >= 0.6 is 0 Å². The van der Waals surface area contributed by atoms with Crippen LogP contribution in [0.5, 0.6) is 0 Å². The molecule has 0 saturated carbocycles. The largest absolute Gasteiger partial charge is 0.385 e. The quantitative estimate of drug-likeness (QED) is 0.719. The van der Waals surface area contributed by atoms with Crippen molar-refractivity contribution in [2.24, 2.45) is 5.92 Å². The molecule has 1 rings (SSSR count). The van der Waals surface area contributed by atoms with Gasteiger partial charge in [0.15, 0.2) is 0 Å². The van der Waals surface area contributed by atoms with Crippen molar-refractivity contribution in [1.82, 2.24) is 10.6 Å². The molecule has 0 heterocycles. The molecule has 21 heavy (non-hydrogen) atoms. The van der Waals surface area contributed by atoms with Crippen LogP contribution in [0, 0.1) is 5.92 Å². The van der Waals surface area contributed by atoms with Gasteiger partial charge in [-0.2, -0.15) is 0 Å². The Kier molecular flexibility index (Phi) is 6.72. The number of benzene rings is 1. The molecule has 0 aliphatic carbocycles. The van der Waals surface area contributed by atoms with Crippen molar-refractivity contribution in [3.63, 3.8) is 0 Å². The molecule has 2 amide bonds.